The topological polar surface area (TPSA) is 39.7 Å². The maximum atomic E-state index is 13.2. The standard InChI is InChI=1S/C13H21FN4.HI/c1-15-13(16-2)17-9-12(18(3)4)10-6-5-7-11(14)8-10;/h5-8,12H,9H2,1-4H3,(H2,15,16,17);1H. The zero-order chi connectivity index (χ0) is 13.5. The third-order valence-electron chi connectivity index (χ3n) is 2.78. The SMILES string of the molecule is CN=C(NC)NCC(c1cccc(F)c1)N(C)C.I. The fraction of sp³-hybridized carbons (Fsp3) is 0.462. The summed E-state index contributed by atoms with van der Waals surface area (Å²) in [5.74, 6) is 0.510. The summed E-state index contributed by atoms with van der Waals surface area (Å²) in [7, 11) is 7.46. The largest absolute Gasteiger partial charge is 0.359 e. The molecule has 0 aromatic heterocycles. The lowest BCUT2D eigenvalue weighted by Gasteiger charge is -2.25. The number of nitrogens with one attached hydrogen (secondary N) is 2. The Bertz CT molecular complexity index is 409. The average Bonchev–Trinajstić information content (AvgIpc) is 2.34. The zero-order valence-corrected chi connectivity index (χ0v) is 14.1. The number of nitrogens with zero attached hydrogens (tertiary/aromatic N) is 2. The van der Waals surface area contributed by atoms with Gasteiger partial charge in [0.25, 0.3) is 0 Å². The van der Waals surface area contributed by atoms with Crippen LogP contribution in [0.5, 0.6) is 0 Å². The van der Waals surface area contributed by atoms with Crippen LogP contribution >= 0.6 is 24.0 Å². The van der Waals surface area contributed by atoms with Crippen molar-refractivity contribution in [2.45, 2.75) is 6.04 Å². The van der Waals surface area contributed by atoms with E-state index in [9.17, 15) is 4.39 Å². The van der Waals surface area contributed by atoms with E-state index in [2.05, 4.69) is 15.6 Å². The molecular weight excluding hydrogens is 358 g/mol. The Morgan fingerprint density at radius 2 is 2.11 bits per heavy atom. The van der Waals surface area contributed by atoms with Crippen LogP contribution in [0.3, 0.4) is 0 Å². The number of halogens is 2. The number of benzene rings is 1. The van der Waals surface area contributed by atoms with Crippen molar-refractivity contribution in [1.82, 2.24) is 15.5 Å². The Hall–Kier alpha value is -0.890. The summed E-state index contributed by atoms with van der Waals surface area (Å²) >= 11 is 0. The van der Waals surface area contributed by atoms with E-state index in [1.54, 1.807) is 19.2 Å². The van der Waals surface area contributed by atoms with Crippen molar-refractivity contribution < 1.29 is 4.39 Å². The summed E-state index contributed by atoms with van der Waals surface area (Å²) in [6.45, 7) is 0.657. The van der Waals surface area contributed by atoms with Crippen molar-refractivity contribution >= 4 is 29.9 Å². The van der Waals surface area contributed by atoms with Crippen molar-refractivity contribution in [2.24, 2.45) is 4.99 Å². The predicted molar refractivity (Wildman–Crippen MR) is 88.7 cm³/mol. The van der Waals surface area contributed by atoms with Crippen LogP contribution in [-0.4, -0.2) is 45.6 Å². The molecule has 1 aromatic rings. The summed E-state index contributed by atoms with van der Waals surface area (Å²) in [5, 5.41) is 6.15. The lowest BCUT2D eigenvalue weighted by atomic mass is 10.1. The lowest BCUT2D eigenvalue weighted by molar-refractivity contribution is 0.297. The molecule has 4 nitrogen and oxygen atoms in total. The van der Waals surface area contributed by atoms with Crippen LogP contribution in [0.2, 0.25) is 0 Å². The first kappa shape index (κ1) is 18.1. The average molecular weight is 380 g/mol. The van der Waals surface area contributed by atoms with Gasteiger partial charge in [-0.1, -0.05) is 12.1 Å². The molecule has 1 rings (SSSR count). The first-order valence-corrected chi connectivity index (χ1v) is 5.88. The van der Waals surface area contributed by atoms with Crippen LogP contribution in [0.15, 0.2) is 29.3 Å². The van der Waals surface area contributed by atoms with E-state index in [0.717, 1.165) is 11.5 Å². The van der Waals surface area contributed by atoms with Crippen LogP contribution in [0.1, 0.15) is 11.6 Å². The van der Waals surface area contributed by atoms with Crippen molar-refractivity contribution in [3.63, 3.8) is 0 Å². The Balaban J connectivity index is 0.00000324. The minimum absolute atomic E-state index is 0. The van der Waals surface area contributed by atoms with E-state index in [4.69, 9.17) is 0 Å². The summed E-state index contributed by atoms with van der Waals surface area (Å²) in [6, 6.07) is 6.77. The molecule has 1 unspecified atom stereocenters. The number of aliphatic imine (C=N–C) groups is 1. The summed E-state index contributed by atoms with van der Waals surface area (Å²) in [5.41, 5.74) is 0.944. The Morgan fingerprint density at radius 1 is 1.42 bits per heavy atom. The van der Waals surface area contributed by atoms with E-state index in [1.807, 2.05) is 32.1 Å². The molecule has 0 spiro atoms. The molecule has 0 saturated carbocycles. The van der Waals surface area contributed by atoms with E-state index in [0.29, 0.717) is 6.54 Å². The van der Waals surface area contributed by atoms with E-state index in [-0.39, 0.29) is 35.8 Å². The molecular formula is C13H22FIN4. The number of rotatable bonds is 4. The van der Waals surface area contributed by atoms with Crippen LogP contribution in [0.25, 0.3) is 0 Å². The van der Waals surface area contributed by atoms with Gasteiger partial charge in [-0.05, 0) is 31.8 Å². The smallest absolute Gasteiger partial charge is 0.190 e. The van der Waals surface area contributed by atoms with Crippen LogP contribution < -0.4 is 10.6 Å². The number of guanidine groups is 1. The van der Waals surface area contributed by atoms with E-state index >= 15 is 0 Å². The number of likely N-dealkylation sites (N-methyl/N-ethyl adjacent to an activating group) is 1. The molecule has 1 aromatic carbocycles. The molecule has 0 radical (unpaired) electrons. The van der Waals surface area contributed by atoms with Gasteiger partial charge in [-0.15, -0.1) is 24.0 Å². The normalized spacial score (nSPS) is 12.8. The van der Waals surface area contributed by atoms with Gasteiger partial charge in [0.15, 0.2) is 5.96 Å². The molecule has 2 N–H and O–H groups in total. The third-order valence-corrected chi connectivity index (χ3v) is 2.78. The molecule has 0 amide bonds. The van der Waals surface area contributed by atoms with Gasteiger partial charge in [0.05, 0.1) is 6.04 Å². The maximum Gasteiger partial charge on any atom is 0.190 e. The molecule has 0 aliphatic heterocycles. The van der Waals surface area contributed by atoms with Gasteiger partial charge < -0.3 is 15.5 Å². The molecule has 6 heteroatoms. The van der Waals surface area contributed by atoms with Crippen molar-refractivity contribution in [3.05, 3.63) is 35.6 Å². The Kier molecular flexibility index (Phi) is 8.66. The van der Waals surface area contributed by atoms with Gasteiger partial charge in [-0.2, -0.15) is 0 Å². The first-order valence-electron chi connectivity index (χ1n) is 5.88. The minimum Gasteiger partial charge on any atom is -0.359 e. The van der Waals surface area contributed by atoms with Crippen molar-refractivity contribution in [2.75, 3.05) is 34.7 Å². The molecule has 0 bridgehead atoms. The summed E-state index contributed by atoms with van der Waals surface area (Å²) < 4.78 is 13.2. The summed E-state index contributed by atoms with van der Waals surface area (Å²) in [4.78, 5) is 6.10. The molecule has 0 heterocycles. The van der Waals surface area contributed by atoms with Gasteiger partial charge >= 0.3 is 0 Å². The van der Waals surface area contributed by atoms with Gasteiger partial charge in [-0.3, -0.25) is 4.99 Å². The minimum atomic E-state index is -0.211. The van der Waals surface area contributed by atoms with E-state index < -0.39 is 0 Å². The fourth-order valence-electron chi connectivity index (χ4n) is 1.79. The Labute approximate surface area is 131 Å². The summed E-state index contributed by atoms with van der Waals surface area (Å²) in [6.07, 6.45) is 0. The molecule has 0 aliphatic carbocycles. The van der Waals surface area contributed by atoms with Gasteiger partial charge in [-0.25, -0.2) is 4.39 Å². The van der Waals surface area contributed by atoms with Gasteiger partial charge in [0.2, 0.25) is 0 Å². The monoisotopic (exact) mass is 380 g/mol. The highest BCUT2D eigenvalue weighted by molar-refractivity contribution is 14.0. The molecule has 0 saturated heterocycles. The third kappa shape index (κ3) is 5.73. The van der Waals surface area contributed by atoms with E-state index in [1.165, 1.54) is 6.07 Å². The van der Waals surface area contributed by atoms with Crippen molar-refractivity contribution in [3.8, 4) is 0 Å². The second-order valence-electron chi connectivity index (χ2n) is 4.24. The lowest BCUT2D eigenvalue weighted by Crippen LogP contribution is -2.40. The first-order chi connectivity index (χ1) is 8.58. The second kappa shape index (κ2) is 9.08. The van der Waals surface area contributed by atoms with Crippen LogP contribution in [-0.2, 0) is 0 Å². The van der Waals surface area contributed by atoms with Crippen LogP contribution in [0.4, 0.5) is 4.39 Å². The second-order valence-corrected chi connectivity index (χ2v) is 4.24. The molecule has 19 heavy (non-hydrogen) atoms. The zero-order valence-electron chi connectivity index (χ0n) is 11.8. The number of hydrogen-bond donors (Lipinski definition) is 2. The quantitative estimate of drug-likeness (QED) is 0.476. The van der Waals surface area contributed by atoms with Gasteiger partial charge in [0, 0.05) is 20.6 Å². The fourth-order valence-corrected chi connectivity index (χ4v) is 1.79. The Morgan fingerprint density at radius 3 is 2.58 bits per heavy atom. The molecule has 0 aliphatic rings. The highest BCUT2D eigenvalue weighted by Gasteiger charge is 2.14. The molecule has 0 fully saturated rings. The van der Waals surface area contributed by atoms with Crippen molar-refractivity contribution in [1.29, 1.82) is 0 Å². The molecule has 1 atom stereocenters. The highest BCUT2D eigenvalue weighted by atomic mass is 127. The van der Waals surface area contributed by atoms with Gasteiger partial charge in [0.1, 0.15) is 5.82 Å². The predicted octanol–water partition coefficient (Wildman–Crippen LogP) is 1.84. The number of hydrogen-bond acceptors (Lipinski definition) is 2. The van der Waals surface area contributed by atoms with Crippen LogP contribution in [0, 0.1) is 5.82 Å². The highest BCUT2D eigenvalue weighted by Crippen LogP contribution is 2.18. The molecule has 108 valence electrons. The maximum absolute atomic E-state index is 13.2.